The van der Waals surface area contributed by atoms with Crippen molar-refractivity contribution in [3.63, 3.8) is 0 Å². The molecule has 1 N–H and O–H groups in total. The van der Waals surface area contributed by atoms with Gasteiger partial charge in [-0.3, -0.25) is 4.79 Å². The molecule has 0 amide bonds. The Balaban J connectivity index is 2.08. The molecule has 0 bridgehead atoms. The van der Waals surface area contributed by atoms with Crippen LogP contribution in [0.15, 0.2) is 23.8 Å². The number of carbonyl (C=O) groups is 1. The van der Waals surface area contributed by atoms with Crippen LogP contribution in [0.25, 0.3) is 0 Å². The van der Waals surface area contributed by atoms with E-state index in [4.69, 9.17) is 4.74 Å². The summed E-state index contributed by atoms with van der Waals surface area (Å²) in [7, 11) is 0. The van der Waals surface area contributed by atoms with Gasteiger partial charge in [0.05, 0.1) is 6.10 Å². The number of rotatable bonds is 5. The molecule has 2 aliphatic rings. The summed E-state index contributed by atoms with van der Waals surface area (Å²) in [6, 6.07) is 0. The van der Waals surface area contributed by atoms with E-state index in [2.05, 4.69) is 34.3 Å². The highest BCUT2D eigenvalue weighted by atomic mass is 16.5. The lowest BCUT2D eigenvalue weighted by Gasteiger charge is -2.59. The van der Waals surface area contributed by atoms with Gasteiger partial charge in [0.1, 0.15) is 6.61 Å². The Morgan fingerprint density at radius 3 is 2.64 bits per heavy atom. The topological polar surface area (TPSA) is 46.5 Å². The Bertz CT molecular complexity index is 545. The Labute approximate surface area is 153 Å². The summed E-state index contributed by atoms with van der Waals surface area (Å²) in [5.74, 6) is 0.822. The number of aliphatic hydroxyl groups excluding tert-OH is 1. The first-order valence-electron chi connectivity index (χ1n) is 9.73. The van der Waals surface area contributed by atoms with Gasteiger partial charge in [0, 0.05) is 6.92 Å². The zero-order valence-corrected chi connectivity index (χ0v) is 16.7. The summed E-state index contributed by atoms with van der Waals surface area (Å²) < 4.78 is 5.01. The monoisotopic (exact) mass is 348 g/mol. The summed E-state index contributed by atoms with van der Waals surface area (Å²) >= 11 is 0. The van der Waals surface area contributed by atoms with Crippen LogP contribution >= 0.6 is 0 Å². The highest BCUT2D eigenvalue weighted by Crippen LogP contribution is 2.61. The molecule has 0 aromatic rings. The van der Waals surface area contributed by atoms with Crippen LogP contribution in [0, 0.1) is 22.7 Å². The van der Waals surface area contributed by atoms with Gasteiger partial charge in [0.25, 0.3) is 0 Å². The van der Waals surface area contributed by atoms with Gasteiger partial charge in [-0.25, -0.2) is 0 Å². The van der Waals surface area contributed by atoms with E-state index < -0.39 is 0 Å². The molecule has 2 aliphatic carbocycles. The van der Waals surface area contributed by atoms with Crippen molar-refractivity contribution in [2.45, 2.75) is 79.2 Å². The molecule has 25 heavy (non-hydrogen) atoms. The predicted molar refractivity (Wildman–Crippen MR) is 102 cm³/mol. The minimum atomic E-state index is -0.233. The quantitative estimate of drug-likeness (QED) is 0.559. The van der Waals surface area contributed by atoms with Crippen molar-refractivity contribution >= 4 is 5.97 Å². The van der Waals surface area contributed by atoms with Crippen LogP contribution in [0.4, 0.5) is 0 Å². The zero-order valence-electron chi connectivity index (χ0n) is 16.7. The maximum Gasteiger partial charge on any atom is 0.302 e. The van der Waals surface area contributed by atoms with Gasteiger partial charge in [-0.15, -0.1) is 0 Å². The van der Waals surface area contributed by atoms with Crippen LogP contribution in [0.2, 0.25) is 0 Å². The lowest BCUT2D eigenvalue weighted by molar-refractivity contribution is -0.139. The van der Waals surface area contributed by atoms with Crippen LogP contribution in [-0.2, 0) is 9.53 Å². The first kappa shape index (κ1) is 20.2. The Morgan fingerprint density at radius 1 is 1.32 bits per heavy atom. The van der Waals surface area contributed by atoms with Gasteiger partial charge in [-0.1, -0.05) is 38.5 Å². The summed E-state index contributed by atoms with van der Waals surface area (Å²) in [6.07, 6.45) is 8.14. The molecule has 3 heteroatoms. The largest absolute Gasteiger partial charge is 0.462 e. The summed E-state index contributed by atoms with van der Waals surface area (Å²) in [6.45, 7) is 15.3. The predicted octanol–water partition coefficient (Wildman–Crippen LogP) is 5.05. The number of aliphatic hydroxyl groups is 1. The molecule has 0 unspecified atom stereocenters. The number of ether oxygens (including phenoxy) is 1. The SMILES string of the molecule is C=C1CC[C@H]2C(C)(C)[C@@H](O)CC[C@]2(C)[C@@H]1CC/C(C)=C/COC(C)=O. The normalized spacial score (nSPS) is 35.2. The molecular formula is C22H36O3. The molecule has 142 valence electrons. The van der Waals surface area contributed by atoms with Crippen LogP contribution in [0.3, 0.4) is 0 Å². The number of hydrogen-bond acceptors (Lipinski definition) is 3. The molecule has 0 aromatic carbocycles. The average molecular weight is 349 g/mol. The molecule has 2 rings (SSSR count). The summed E-state index contributed by atoms with van der Waals surface area (Å²) in [5, 5.41) is 10.5. The van der Waals surface area contributed by atoms with Crippen molar-refractivity contribution < 1.29 is 14.6 Å². The maximum atomic E-state index is 10.9. The second-order valence-corrected chi connectivity index (χ2v) is 9.08. The lowest BCUT2D eigenvalue weighted by atomic mass is 9.46. The Hall–Kier alpha value is -1.09. The standard InChI is InChI=1S/C22H36O3/c1-15(12-14-25-17(3)23)7-9-18-16(2)8-10-19-21(4,5)20(24)11-13-22(18,19)6/h12,18-20,24H,2,7-11,13-14H2,1,3-6H3/b15-12+/t18-,19+,20+,22-/m1/s1. The molecule has 4 atom stereocenters. The van der Waals surface area contributed by atoms with Gasteiger partial charge in [-0.2, -0.15) is 0 Å². The van der Waals surface area contributed by atoms with Crippen LogP contribution in [0.5, 0.6) is 0 Å². The van der Waals surface area contributed by atoms with Crippen LogP contribution < -0.4 is 0 Å². The molecule has 0 spiro atoms. The van der Waals surface area contributed by atoms with Gasteiger partial charge in [0.15, 0.2) is 0 Å². The number of carbonyl (C=O) groups excluding carboxylic acids is 1. The van der Waals surface area contributed by atoms with Gasteiger partial charge in [0.2, 0.25) is 0 Å². The molecule has 0 radical (unpaired) electrons. The number of esters is 1. The van der Waals surface area contributed by atoms with Crippen molar-refractivity contribution in [3.05, 3.63) is 23.8 Å². The van der Waals surface area contributed by atoms with Crippen molar-refractivity contribution in [1.29, 1.82) is 0 Å². The molecule has 0 saturated heterocycles. The highest BCUT2D eigenvalue weighted by molar-refractivity contribution is 5.66. The van der Waals surface area contributed by atoms with E-state index in [1.54, 1.807) is 0 Å². The van der Waals surface area contributed by atoms with Crippen molar-refractivity contribution in [2.75, 3.05) is 6.61 Å². The second kappa shape index (κ2) is 7.65. The summed E-state index contributed by atoms with van der Waals surface area (Å²) in [4.78, 5) is 10.9. The van der Waals surface area contributed by atoms with E-state index in [0.717, 1.165) is 38.5 Å². The molecule has 0 aliphatic heterocycles. The zero-order chi connectivity index (χ0) is 18.8. The average Bonchev–Trinajstić information content (AvgIpc) is 2.50. The van der Waals surface area contributed by atoms with Crippen molar-refractivity contribution in [1.82, 2.24) is 0 Å². The Morgan fingerprint density at radius 2 is 2.00 bits per heavy atom. The minimum absolute atomic E-state index is 0.0217. The molecule has 0 heterocycles. The van der Waals surface area contributed by atoms with E-state index in [1.807, 2.05) is 6.08 Å². The minimum Gasteiger partial charge on any atom is -0.462 e. The maximum absolute atomic E-state index is 10.9. The van der Waals surface area contributed by atoms with E-state index in [9.17, 15) is 9.90 Å². The fraction of sp³-hybridized carbons (Fsp3) is 0.773. The molecule has 3 nitrogen and oxygen atoms in total. The highest BCUT2D eigenvalue weighted by Gasteiger charge is 2.55. The van der Waals surface area contributed by atoms with E-state index in [-0.39, 0.29) is 22.9 Å². The third-order valence-corrected chi connectivity index (χ3v) is 7.10. The smallest absolute Gasteiger partial charge is 0.302 e. The van der Waals surface area contributed by atoms with Gasteiger partial charge < -0.3 is 9.84 Å². The lowest BCUT2D eigenvalue weighted by Crippen LogP contribution is -2.54. The second-order valence-electron chi connectivity index (χ2n) is 9.08. The van der Waals surface area contributed by atoms with Crippen LogP contribution in [0.1, 0.15) is 73.1 Å². The third-order valence-electron chi connectivity index (χ3n) is 7.10. The van der Waals surface area contributed by atoms with Crippen molar-refractivity contribution in [3.8, 4) is 0 Å². The number of fused-ring (bicyclic) bond motifs is 1. The fourth-order valence-corrected chi connectivity index (χ4v) is 5.47. The van der Waals surface area contributed by atoms with Crippen LogP contribution in [-0.4, -0.2) is 23.8 Å². The van der Waals surface area contributed by atoms with E-state index in [0.29, 0.717) is 18.4 Å². The van der Waals surface area contributed by atoms with E-state index >= 15 is 0 Å². The molecule has 2 saturated carbocycles. The number of allylic oxidation sites excluding steroid dienone is 2. The van der Waals surface area contributed by atoms with Gasteiger partial charge in [-0.05, 0) is 74.2 Å². The summed E-state index contributed by atoms with van der Waals surface area (Å²) in [5.41, 5.74) is 2.87. The molecule has 0 aromatic heterocycles. The van der Waals surface area contributed by atoms with Gasteiger partial charge >= 0.3 is 5.97 Å². The molecular weight excluding hydrogens is 312 g/mol. The third kappa shape index (κ3) is 4.19. The number of hydrogen-bond donors (Lipinski definition) is 1. The fourth-order valence-electron chi connectivity index (χ4n) is 5.47. The first-order chi connectivity index (χ1) is 11.6. The first-order valence-corrected chi connectivity index (χ1v) is 9.73. The van der Waals surface area contributed by atoms with Crippen molar-refractivity contribution in [2.24, 2.45) is 22.7 Å². The van der Waals surface area contributed by atoms with E-state index in [1.165, 1.54) is 18.1 Å². The molecule has 2 fully saturated rings. The Kier molecular flexibility index (Phi) is 6.19.